The molecule has 1 aromatic carbocycles. The van der Waals surface area contributed by atoms with E-state index in [1.807, 2.05) is 20.8 Å². The summed E-state index contributed by atoms with van der Waals surface area (Å²) in [6.45, 7) is 6.55. The number of rotatable bonds is 9. The lowest BCUT2D eigenvalue weighted by molar-refractivity contribution is -0.150. The smallest absolute Gasteiger partial charge is 0.344 e. The average Bonchev–Trinajstić information content (AvgIpc) is 2.57. The second-order valence-electron chi connectivity index (χ2n) is 5.97. The van der Waals surface area contributed by atoms with Gasteiger partial charge in [0, 0.05) is 11.6 Å². The minimum absolute atomic E-state index is 0.00787. The van der Waals surface area contributed by atoms with Gasteiger partial charge in [0.1, 0.15) is 0 Å². The fourth-order valence-electron chi connectivity index (χ4n) is 1.79. The third kappa shape index (κ3) is 6.82. The van der Waals surface area contributed by atoms with Crippen LogP contribution in [0.2, 0.25) is 0 Å². The zero-order valence-electron chi connectivity index (χ0n) is 15.3. The third-order valence-electron chi connectivity index (χ3n) is 3.67. The molecule has 138 valence electrons. The van der Waals surface area contributed by atoms with Gasteiger partial charge in [-0.2, -0.15) is 0 Å². The van der Waals surface area contributed by atoms with E-state index in [2.05, 4.69) is 5.32 Å². The van der Waals surface area contributed by atoms with Crippen molar-refractivity contribution in [2.75, 3.05) is 20.3 Å². The van der Waals surface area contributed by atoms with Crippen molar-refractivity contribution < 1.29 is 28.6 Å². The van der Waals surface area contributed by atoms with Crippen molar-refractivity contribution in [3.05, 3.63) is 23.8 Å². The molecule has 1 amide bonds. The highest BCUT2D eigenvalue weighted by Gasteiger charge is 2.14. The summed E-state index contributed by atoms with van der Waals surface area (Å²) in [5.74, 6) is -0.214. The standard InChI is InChI=1S/C18H25NO6/c1-11(2)12(3)19-17(21)9-25-18(22)10-24-15-7-6-14(13(4)20)8-16(15)23-5/h6-8,11-12H,9-10H2,1-5H3,(H,19,21)/t12-/m1/s1. The summed E-state index contributed by atoms with van der Waals surface area (Å²) in [7, 11) is 1.44. The molecule has 0 aliphatic carbocycles. The van der Waals surface area contributed by atoms with Gasteiger partial charge < -0.3 is 19.5 Å². The predicted molar refractivity (Wildman–Crippen MR) is 91.9 cm³/mol. The van der Waals surface area contributed by atoms with E-state index in [0.717, 1.165) is 0 Å². The molecule has 7 heteroatoms. The molecule has 1 aromatic rings. The van der Waals surface area contributed by atoms with Gasteiger partial charge in [-0.15, -0.1) is 0 Å². The topological polar surface area (TPSA) is 90.9 Å². The first-order chi connectivity index (χ1) is 11.7. The second-order valence-corrected chi connectivity index (χ2v) is 5.97. The second kappa shape index (κ2) is 9.66. The quantitative estimate of drug-likeness (QED) is 0.540. The minimum Gasteiger partial charge on any atom is -0.493 e. The lowest BCUT2D eigenvalue weighted by Gasteiger charge is -2.17. The van der Waals surface area contributed by atoms with E-state index >= 15 is 0 Å². The van der Waals surface area contributed by atoms with E-state index in [-0.39, 0.29) is 36.9 Å². The zero-order chi connectivity index (χ0) is 19.0. The van der Waals surface area contributed by atoms with Crippen LogP contribution >= 0.6 is 0 Å². The lowest BCUT2D eigenvalue weighted by Crippen LogP contribution is -2.39. The van der Waals surface area contributed by atoms with E-state index in [0.29, 0.717) is 17.1 Å². The summed E-state index contributed by atoms with van der Waals surface area (Å²) >= 11 is 0. The van der Waals surface area contributed by atoms with Crippen molar-refractivity contribution in [1.29, 1.82) is 0 Å². The molecule has 0 aliphatic rings. The Hall–Kier alpha value is -2.57. The van der Waals surface area contributed by atoms with Gasteiger partial charge in [0.15, 0.2) is 30.5 Å². The maximum atomic E-state index is 11.7. The molecule has 25 heavy (non-hydrogen) atoms. The normalized spacial score (nSPS) is 11.6. The first kappa shape index (κ1) is 20.5. The van der Waals surface area contributed by atoms with Gasteiger partial charge in [0.25, 0.3) is 5.91 Å². The molecule has 1 rings (SSSR count). The Morgan fingerprint density at radius 3 is 2.32 bits per heavy atom. The van der Waals surface area contributed by atoms with Crippen molar-refractivity contribution in [3.8, 4) is 11.5 Å². The molecule has 0 aliphatic heterocycles. The Bertz CT molecular complexity index is 626. The first-order valence-electron chi connectivity index (χ1n) is 8.01. The third-order valence-corrected chi connectivity index (χ3v) is 3.67. The molecular formula is C18H25NO6. The molecule has 0 aromatic heterocycles. The van der Waals surface area contributed by atoms with E-state index in [4.69, 9.17) is 14.2 Å². The first-order valence-corrected chi connectivity index (χ1v) is 8.01. The van der Waals surface area contributed by atoms with Crippen LogP contribution in [0.4, 0.5) is 0 Å². The lowest BCUT2D eigenvalue weighted by atomic mass is 10.1. The molecule has 0 fully saturated rings. The van der Waals surface area contributed by atoms with Crippen molar-refractivity contribution in [2.24, 2.45) is 5.92 Å². The summed E-state index contributed by atoms with van der Waals surface area (Å²) in [6.07, 6.45) is 0. The number of hydrogen-bond acceptors (Lipinski definition) is 6. The highest BCUT2D eigenvalue weighted by atomic mass is 16.6. The number of ether oxygens (including phenoxy) is 3. The molecule has 0 saturated carbocycles. The van der Waals surface area contributed by atoms with Gasteiger partial charge in [0.05, 0.1) is 7.11 Å². The molecule has 1 N–H and O–H groups in total. The Balaban J connectivity index is 2.49. The number of carbonyl (C=O) groups is 3. The van der Waals surface area contributed by atoms with E-state index in [1.54, 1.807) is 12.1 Å². The predicted octanol–water partition coefficient (Wildman–Crippen LogP) is 1.98. The van der Waals surface area contributed by atoms with Gasteiger partial charge >= 0.3 is 5.97 Å². The zero-order valence-corrected chi connectivity index (χ0v) is 15.3. The fourth-order valence-corrected chi connectivity index (χ4v) is 1.79. The summed E-state index contributed by atoms with van der Waals surface area (Å²) in [4.78, 5) is 34.7. The molecule has 0 radical (unpaired) electrons. The van der Waals surface area contributed by atoms with Gasteiger partial charge in [-0.25, -0.2) is 4.79 Å². The van der Waals surface area contributed by atoms with Gasteiger partial charge in [-0.1, -0.05) is 13.8 Å². The Morgan fingerprint density at radius 2 is 1.76 bits per heavy atom. The summed E-state index contributed by atoms with van der Waals surface area (Å²) in [5, 5.41) is 2.73. The number of methoxy groups -OCH3 is 1. The summed E-state index contributed by atoms with van der Waals surface area (Å²) < 4.78 is 15.3. The van der Waals surface area contributed by atoms with Crippen molar-refractivity contribution in [3.63, 3.8) is 0 Å². The Kier molecular flexibility index (Phi) is 7.91. The SMILES string of the molecule is COc1cc(C(C)=O)ccc1OCC(=O)OCC(=O)N[C@H](C)C(C)C. The number of hydrogen-bond donors (Lipinski definition) is 1. The monoisotopic (exact) mass is 351 g/mol. The van der Waals surface area contributed by atoms with Gasteiger partial charge in [-0.05, 0) is 38.0 Å². The molecule has 0 bridgehead atoms. The highest BCUT2D eigenvalue weighted by Crippen LogP contribution is 2.28. The Labute approximate surface area is 147 Å². The van der Waals surface area contributed by atoms with Crippen LogP contribution in [0.15, 0.2) is 18.2 Å². The van der Waals surface area contributed by atoms with Crippen molar-refractivity contribution in [1.82, 2.24) is 5.32 Å². The van der Waals surface area contributed by atoms with Crippen LogP contribution in [0, 0.1) is 5.92 Å². The van der Waals surface area contributed by atoms with Crippen molar-refractivity contribution >= 4 is 17.7 Å². The number of carbonyl (C=O) groups excluding carboxylic acids is 3. The van der Waals surface area contributed by atoms with E-state index < -0.39 is 5.97 Å². The highest BCUT2D eigenvalue weighted by molar-refractivity contribution is 5.94. The van der Waals surface area contributed by atoms with Crippen LogP contribution in [0.1, 0.15) is 38.1 Å². The fraction of sp³-hybridized carbons (Fsp3) is 0.500. The summed E-state index contributed by atoms with van der Waals surface area (Å²) in [5.41, 5.74) is 0.475. The minimum atomic E-state index is -0.676. The van der Waals surface area contributed by atoms with E-state index in [1.165, 1.54) is 20.1 Å². The van der Waals surface area contributed by atoms with Gasteiger partial charge in [0.2, 0.25) is 0 Å². The maximum Gasteiger partial charge on any atom is 0.344 e. The number of Topliss-reactive ketones (excluding diaryl/α,β-unsaturated/α-hetero) is 1. The number of esters is 1. The van der Waals surface area contributed by atoms with E-state index in [9.17, 15) is 14.4 Å². The van der Waals surface area contributed by atoms with Crippen LogP contribution in [0.5, 0.6) is 11.5 Å². The van der Waals surface area contributed by atoms with Crippen molar-refractivity contribution in [2.45, 2.75) is 33.7 Å². The number of ketones is 1. The van der Waals surface area contributed by atoms with Crippen LogP contribution in [0.25, 0.3) is 0 Å². The largest absolute Gasteiger partial charge is 0.493 e. The molecule has 1 atom stereocenters. The van der Waals surface area contributed by atoms with Gasteiger partial charge in [-0.3, -0.25) is 9.59 Å². The Morgan fingerprint density at radius 1 is 1.08 bits per heavy atom. The molecule has 7 nitrogen and oxygen atoms in total. The number of amides is 1. The van der Waals surface area contributed by atoms with Crippen LogP contribution in [-0.4, -0.2) is 44.0 Å². The molecule has 0 heterocycles. The molecular weight excluding hydrogens is 326 g/mol. The number of benzene rings is 1. The molecule has 0 saturated heterocycles. The van der Waals surface area contributed by atoms with Crippen LogP contribution in [0.3, 0.4) is 0 Å². The average molecular weight is 351 g/mol. The summed E-state index contributed by atoms with van der Waals surface area (Å²) in [6, 6.07) is 4.64. The molecule has 0 spiro atoms. The number of nitrogens with one attached hydrogen (secondary N) is 1. The maximum absolute atomic E-state index is 11.7. The van der Waals surface area contributed by atoms with Crippen LogP contribution in [-0.2, 0) is 14.3 Å². The molecule has 0 unspecified atom stereocenters. The van der Waals surface area contributed by atoms with Crippen LogP contribution < -0.4 is 14.8 Å².